The molecule has 4 unspecified atom stereocenters. The molecule has 1 aliphatic carbocycles. The van der Waals surface area contributed by atoms with E-state index in [-0.39, 0.29) is 29.8 Å². The third-order valence-electron chi connectivity index (χ3n) is 6.09. The Labute approximate surface area is 188 Å². The zero-order valence-corrected chi connectivity index (χ0v) is 18.4. The van der Waals surface area contributed by atoms with Crippen LogP contribution in [0.1, 0.15) is 35.1 Å². The van der Waals surface area contributed by atoms with Crippen LogP contribution in [0.2, 0.25) is 5.02 Å². The first-order chi connectivity index (χ1) is 15.0. The van der Waals surface area contributed by atoms with Crippen molar-refractivity contribution in [1.29, 1.82) is 0 Å². The van der Waals surface area contributed by atoms with Gasteiger partial charge in [-0.3, -0.25) is 4.79 Å². The summed E-state index contributed by atoms with van der Waals surface area (Å²) in [6, 6.07) is 14.7. The summed E-state index contributed by atoms with van der Waals surface area (Å²) in [5.74, 6) is -0.786. The fourth-order valence-corrected chi connectivity index (χ4v) is 5.58. The second kappa shape index (κ2) is 8.09. The minimum Gasteiger partial charge on any atom is -0.496 e. The third-order valence-corrected chi connectivity index (χ3v) is 7.48. The van der Waals surface area contributed by atoms with Crippen LogP contribution in [0.15, 0.2) is 54.8 Å². The molecule has 3 aromatic rings. The van der Waals surface area contributed by atoms with E-state index in [1.165, 1.54) is 17.6 Å². The van der Waals surface area contributed by atoms with Crippen molar-refractivity contribution in [2.45, 2.75) is 32.0 Å². The van der Waals surface area contributed by atoms with E-state index in [0.717, 1.165) is 10.2 Å². The number of carbonyl (C=O) groups excluding carboxylic acids is 2. The molecule has 31 heavy (non-hydrogen) atoms. The van der Waals surface area contributed by atoms with E-state index < -0.39 is 5.97 Å². The Morgan fingerprint density at radius 1 is 1.16 bits per heavy atom. The van der Waals surface area contributed by atoms with Gasteiger partial charge in [0.2, 0.25) is 0 Å². The van der Waals surface area contributed by atoms with Gasteiger partial charge in [0.1, 0.15) is 17.2 Å². The molecule has 1 fully saturated rings. The smallest absolute Gasteiger partial charge is 0.339 e. The Kier molecular flexibility index (Phi) is 5.28. The molecule has 5 rings (SSSR count). The van der Waals surface area contributed by atoms with E-state index in [0.29, 0.717) is 34.0 Å². The van der Waals surface area contributed by atoms with Crippen molar-refractivity contribution in [1.82, 2.24) is 4.98 Å². The number of hydrogen-bond acceptors (Lipinski definition) is 6. The molecule has 2 heterocycles. The van der Waals surface area contributed by atoms with E-state index in [1.807, 2.05) is 31.2 Å². The molecule has 1 aliphatic heterocycles. The van der Waals surface area contributed by atoms with E-state index >= 15 is 0 Å². The van der Waals surface area contributed by atoms with Gasteiger partial charge in [-0.25, -0.2) is 9.78 Å². The van der Waals surface area contributed by atoms with Crippen LogP contribution >= 0.6 is 22.9 Å². The summed E-state index contributed by atoms with van der Waals surface area (Å²) in [7, 11) is 0. The first-order valence-corrected chi connectivity index (χ1v) is 11.4. The lowest BCUT2D eigenvalue weighted by Crippen LogP contribution is -2.48. The summed E-state index contributed by atoms with van der Waals surface area (Å²) < 4.78 is 12.8. The molecule has 0 spiro atoms. The average molecular weight is 454 g/mol. The Morgan fingerprint density at radius 3 is 2.74 bits per heavy atom. The lowest BCUT2D eigenvalue weighted by molar-refractivity contribution is -0.131. The Morgan fingerprint density at radius 2 is 1.94 bits per heavy atom. The largest absolute Gasteiger partial charge is 0.496 e. The van der Waals surface area contributed by atoms with Crippen molar-refractivity contribution in [3.8, 4) is 0 Å². The predicted octanol–water partition coefficient (Wildman–Crippen LogP) is 5.53. The third kappa shape index (κ3) is 3.64. The summed E-state index contributed by atoms with van der Waals surface area (Å²) >= 11 is 7.62. The van der Waals surface area contributed by atoms with Gasteiger partial charge in [-0.1, -0.05) is 42.8 Å². The molecular formula is C24H20ClNO4S. The molecule has 7 heteroatoms. The zero-order valence-electron chi connectivity index (χ0n) is 16.8. The number of benzene rings is 2. The van der Waals surface area contributed by atoms with Crippen LogP contribution in [0.4, 0.5) is 0 Å². The molecule has 0 amide bonds. The minimum absolute atomic E-state index is 0.0537. The Bertz CT molecular complexity index is 1170. The molecule has 1 aromatic heterocycles. The molecular weight excluding hydrogens is 434 g/mol. The molecule has 0 N–H and O–H groups in total. The maximum atomic E-state index is 13.3. The summed E-state index contributed by atoms with van der Waals surface area (Å²) in [5.41, 5.74) is 1.75. The standard InChI is InChI=1S/C24H20ClNO4S/c1-13-19(30-24(28)14-6-2-3-7-17(14)25)11-10-15-21(27)16(12-29-22(13)15)23-26-18-8-4-5-9-20(18)31-23/h2-9,12-13,15,19,22H,10-11H2,1H3. The molecule has 2 aromatic carbocycles. The lowest BCUT2D eigenvalue weighted by atomic mass is 9.73. The lowest BCUT2D eigenvalue weighted by Gasteiger charge is -2.41. The Balaban J connectivity index is 1.34. The number of esters is 1. The summed E-state index contributed by atoms with van der Waals surface area (Å²) in [6.07, 6.45) is 2.06. The van der Waals surface area contributed by atoms with E-state index in [2.05, 4.69) is 4.98 Å². The number of nitrogens with zero attached hydrogens (tertiary/aromatic N) is 1. The summed E-state index contributed by atoms with van der Waals surface area (Å²) in [6.45, 7) is 1.96. The number of para-hydroxylation sites is 1. The first-order valence-electron chi connectivity index (χ1n) is 10.2. The molecule has 2 aliphatic rings. The molecule has 0 radical (unpaired) electrons. The van der Waals surface area contributed by atoms with Gasteiger partial charge in [0.25, 0.3) is 0 Å². The summed E-state index contributed by atoms with van der Waals surface area (Å²) in [5, 5.41) is 1.05. The average Bonchev–Trinajstić information content (AvgIpc) is 3.20. The monoisotopic (exact) mass is 453 g/mol. The van der Waals surface area contributed by atoms with Gasteiger partial charge in [-0.2, -0.15) is 0 Å². The van der Waals surface area contributed by atoms with Gasteiger partial charge in [0.15, 0.2) is 5.78 Å². The predicted molar refractivity (Wildman–Crippen MR) is 120 cm³/mol. The molecule has 4 atom stereocenters. The van der Waals surface area contributed by atoms with Crippen molar-refractivity contribution in [2.75, 3.05) is 0 Å². The number of allylic oxidation sites excluding steroid dienone is 1. The number of thiazole rings is 1. The van der Waals surface area contributed by atoms with E-state index in [9.17, 15) is 9.59 Å². The number of ketones is 1. The van der Waals surface area contributed by atoms with Crippen molar-refractivity contribution >= 4 is 50.5 Å². The van der Waals surface area contributed by atoms with E-state index in [1.54, 1.807) is 24.3 Å². The number of Topliss-reactive ketones (excluding diaryl/α,β-unsaturated/α-hetero) is 1. The number of fused-ring (bicyclic) bond motifs is 2. The van der Waals surface area contributed by atoms with Crippen molar-refractivity contribution < 1.29 is 19.1 Å². The number of ether oxygens (including phenoxy) is 2. The van der Waals surface area contributed by atoms with Gasteiger partial charge in [0.05, 0.1) is 38.6 Å². The van der Waals surface area contributed by atoms with Crippen LogP contribution in [0, 0.1) is 11.8 Å². The van der Waals surface area contributed by atoms with Crippen LogP contribution in [-0.4, -0.2) is 28.9 Å². The fourth-order valence-electron chi connectivity index (χ4n) is 4.39. The van der Waals surface area contributed by atoms with Crippen LogP contribution < -0.4 is 0 Å². The second-order valence-corrected chi connectivity index (χ2v) is 9.39. The molecule has 0 bridgehead atoms. The molecule has 0 saturated heterocycles. The van der Waals surface area contributed by atoms with Gasteiger partial charge in [0, 0.05) is 5.92 Å². The maximum absolute atomic E-state index is 13.3. The second-order valence-electron chi connectivity index (χ2n) is 7.95. The van der Waals surface area contributed by atoms with Crippen LogP contribution in [0.3, 0.4) is 0 Å². The van der Waals surface area contributed by atoms with Gasteiger partial charge >= 0.3 is 5.97 Å². The molecule has 1 saturated carbocycles. The highest BCUT2D eigenvalue weighted by Crippen LogP contribution is 2.41. The first kappa shape index (κ1) is 20.2. The van der Waals surface area contributed by atoms with Crippen molar-refractivity contribution in [3.63, 3.8) is 0 Å². The quantitative estimate of drug-likeness (QED) is 0.488. The van der Waals surface area contributed by atoms with Gasteiger partial charge in [-0.15, -0.1) is 11.3 Å². The van der Waals surface area contributed by atoms with Crippen LogP contribution in [-0.2, 0) is 14.3 Å². The van der Waals surface area contributed by atoms with Gasteiger partial charge < -0.3 is 9.47 Å². The number of rotatable bonds is 3. The topological polar surface area (TPSA) is 65.5 Å². The molecule has 5 nitrogen and oxygen atoms in total. The van der Waals surface area contributed by atoms with Crippen LogP contribution in [0.25, 0.3) is 15.8 Å². The van der Waals surface area contributed by atoms with Crippen LogP contribution in [0.5, 0.6) is 0 Å². The van der Waals surface area contributed by atoms with Crippen molar-refractivity contribution in [2.24, 2.45) is 11.8 Å². The number of hydrogen-bond donors (Lipinski definition) is 0. The highest BCUT2D eigenvalue weighted by Gasteiger charge is 2.46. The fraction of sp³-hybridized carbons (Fsp3) is 0.292. The molecule has 158 valence electrons. The SMILES string of the molecule is CC1C(OC(=O)c2ccccc2Cl)CCC2C(=O)C(c3nc4ccccc4s3)=COC21. The highest BCUT2D eigenvalue weighted by atomic mass is 35.5. The normalized spacial score (nSPS) is 25.5. The Hall–Kier alpha value is -2.70. The highest BCUT2D eigenvalue weighted by molar-refractivity contribution is 7.19. The maximum Gasteiger partial charge on any atom is 0.339 e. The van der Waals surface area contributed by atoms with E-state index in [4.69, 9.17) is 21.1 Å². The van der Waals surface area contributed by atoms with Gasteiger partial charge in [-0.05, 0) is 37.1 Å². The minimum atomic E-state index is -0.450. The number of halogens is 1. The number of aromatic nitrogens is 1. The summed E-state index contributed by atoms with van der Waals surface area (Å²) in [4.78, 5) is 30.5. The number of carbonyl (C=O) groups is 2. The van der Waals surface area contributed by atoms with Crippen molar-refractivity contribution in [3.05, 3.63) is 70.4 Å². The zero-order chi connectivity index (χ0) is 21.5.